The van der Waals surface area contributed by atoms with Crippen molar-refractivity contribution >= 4 is 18.3 Å². The third-order valence-electron chi connectivity index (χ3n) is 2.74. The minimum absolute atomic E-state index is 0. The molecule has 4 nitrogen and oxygen atoms in total. The molecule has 0 bridgehead atoms. The van der Waals surface area contributed by atoms with Gasteiger partial charge < -0.3 is 15.4 Å². The van der Waals surface area contributed by atoms with Gasteiger partial charge in [0.25, 0.3) is 0 Å². The van der Waals surface area contributed by atoms with E-state index in [1.54, 1.807) is 7.11 Å². The van der Waals surface area contributed by atoms with E-state index < -0.39 is 0 Å². The highest BCUT2D eigenvalue weighted by Crippen LogP contribution is 2.09. The summed E-state index contributed by atoms with van der Waals surface area (Å²) in [5, 5.41) is 6.22. The first-order valence-electron chi connectivity index (χ1n) is 5.71. The zero-order chi connectivity index (χ0) is 11.1. The normalized spacial score (nSPS) is 22.0. The summed E-state index contributed by atoms with van der Waals surface area (Å²) in [4.78, 5) is 11.7. The average molecular weight is 251 g/mol. The number of piperidine rings is 1. The zero-order valence-electron chi connectivity index (χ0n) is 10.1. The molecule has 0 radical (unpaired) electrons. The van der Waals surface area contributed by atoms with E-state index in [0.717, 1.165) is 25.9 Å². The molecule has 0 aromatic rings. The van der Waals surface area contributed by atoms with E-state index in [1.165, 1.54) is 0 Å². The molecular weight excluding hydrogens is 228 g/mol. The molecule has 0 saturated carbocycles. The fourth-order valence-electron chi connectivity index (χ4n) is 1.84. The fraction of sp³-hybridized carbons (Fsp3) is 0.909. The summed E-state index contributed by atoms with van der Waals surface area (Å²) in [5.74, 6) is 0.731. The fourth-order valence-corrected chi connectivity index (χ4v) is 1.84. The lowest BCUT2D eigenvalue weighted by molar-refractivity contribution is -0.125. The third kappa shape index (κ3) is 5.68. The first-order chi connectivity index (χ1) is 7.24. The maximum atomic E-state index is 11.7. The summed E-state index contributed by atoms with van der Waals surface area (Å²) >= 11 is 0. The molecule has 1 aliphatic rings. The van der Waals surface area contributed by atoms with Crippen molar-refractivity contribution in [2.24, 2.45) is 11.8 Å². The second kappa shape index (κ2) is 8.79. The first kappa shape index (κ1) is 15.7. The minimum Gasteiger partial charge on any atom is -0.384 e. The Labute approximate surface area is 104 Å². The molecule has 1 fully saturated rings. The number of ether oxygens (including phenoxy) is 1. The largest absolute Gasteiger partial charge is 0.384 e. The Morgan fingerprint density at radius 1 is 1.62 bits per heavy atom. The Bertz CT molecular complexity index is 196. The highest BCUT2D eigenvalue weighted by Gasteiger charge is 2.20. The van der Waals surface area contributed by atoms with Gasteiger partial charge in [-0.3, -0.25) is 4.79 Å². The topological polar surface area (TPSA) is 50.4 Å². The standard InChI is InChI=1S/C11H22N2O2.ClH/c1-9(8-15-2)6-13-11(14)10-4-3-5-12-7-10;/h9-10,12H,3-8H2,1-2H3,(H,13,14);1H. The highest BCUT2D eigenvalue weighted by atomic mass is 35.5. The number of nitrogens with one attached hydrogen (secondary N) is 2. The number of halogens is 1. The Kier molecular flexibility index (Phi) is 8.61. The van der Waals surface area contributed by atoms with E-state index in [0.29, 0.717) is 19.1 Å². The molecule has 1 aliphatic heterocycles. The van der Waals surface area contributed by atoms with E-state index in [2.05, 4.69) is 17.6 Å². The molecule has 2 atom stereocenters. The summed E-state index contributed by atoms with van der Waals surface area (Å²) < 4.78 is 5.02. The molecule has 1 amide bonds. The van der Waals surface area contributed by atoms with Gasteiger partial charge in [0.15, 0.2) is 0 Å². The van der Waals surface area contributed by atoms with Gasteiger partial charge in [0.05, 0.1) is 12.5 Å². The van der Waals surface area contributed by atoms with Crippen molar-refractivity contribution in [3.05, 3.63) is 0 Å². The van der Waals surface area contributed by atoms with Crippen LogP contribution in [0.3, 0.4) is 0 Å². The Morgan fingerprint density at radius 2 is 2.38 bits per heavy atom. The van der Waals surface area contributed by atoms with E-state index in [9.17, 15) is 4.79 Å². The van der Waals surface area contributed by atoms with Crippen LogP contribution in [0.4, 0.5) is 0 Å². The molecule has 0 aromatic carbocycles. The smallest absolute Gasteiger partial charge is 0.224 e. The number of carbonyl (C=O) groups is 1. The van der Waals surface area contributed by atoms with Crippen molar-refractivity contribution in [1.82, 2.24) is 10.6 Å². The van der Waals surface area contributed by atoms with Crippen molar-refractivity contribution in [3.63, 3.8) is 0 Å². The van der Waals surface area contributed by atoms with E-state index in [1.807, 2.05) is 0 Å². The molecule has 1 saturated heterocycles. The summed E-state index contributed by atoms with van der Waals surface area (Å²) in [7, 11) is 1.68. The molecule has 16 heavy (non-hydrogen) atoms. The summed E-state index contributed by atoms with van der Waals surface area (Å²) in [6.07, 6.45) is 2.11. The zero-order valence-corrected chi connectivity index (χ0v) is 10.9. The van der Waals surface area contributed by atoms with Crippen LogP contribution in [0.5, 0.6) is 0 Å². The maximum absolute atomic E-state index is 11.7. The lowest BCUT2D eigenvalue weighted by Gasteiger charge is -2.22. The Balaban J connectivity index is 0.00000225. The van der Waals surface area contributed by atoms with Crippen LogP contribution >= 0.6 is 12.4 Å². The van der Waals surface area contributed by atoms with Crippen LogP contribution in [-0.2, 0) is 9.53 Å². The molecule has 0 aromatic heterocycles. The van der Waals surface area contributed by atoms with Crippen LogP contribution in [0.2, 0.25) is 0 Å². The number of amides is 1. The molecular formula is C11H23ClN2O2. The predicted octanol–water partition coefficient (Wildman–Crippen LogP) is 0.806. The molecule has 2 unspecified atom stereocenters. The van der Waals surface area contributed by atoms with Crippen LogP contribution in [0.15, 0.2) is 0 Å². The summed E-state index contributed by atoms with van der Waals surface area (Å²) in [5.41, 5.74) is 0. The number of hydrogen-bond acceptors (Lipinski definition) is 3. The first-order valence-corrected chi connectivity index (χ1v) is 5.71. The van der Waals surface area contributed by atoms with Gasteiger partial charge in [-0.1, -0.05) is 6.92 Å². The van der Waals surface area contributed by atoms with Gasteiger partial charge in [-0.25, -0.2) is 0 Å². The van der Waals surface area contributed by atoms with Gasteiger partial charge >= 0.3 is 0 Å². The minimum atomic E-state index is 0. The van der Waals surface area contributed by atoms with E-state index in [-0.39, 0.29) is 24.2 Å². The van der Waals surface area contributed by atoms with Crippen LogP contribution in [0.25, 0.3) is 0 Å². The molecule has 2 N–H and O–H groups in total. The molecule has 1 rings (SSSR count). The van der Waals surface area contributed by atoms with Crippen LogP contribution in [0, 0.1) is 11.8 Å². The number of methoxy groups -OCH3 is 1. The SMILES string of the molecule is COCC(C)CNC(=O)C1CCCNC1.Cl. The third-order valence-corrected chi connectivity index (χ3v) is 2.74. The molecule has 5 heteroatoms. The molecule has 96 valence electrons. The lowest BCUT2D eigenvalue weighted by atomic mass is 9.98. The van der Waals surface area contributed by atoms with Gasteiger partial charge in [-0.2, -0.15) is 0 Å². The molecule has 0 spiro atoms. The monoisotopic (exact) mass is 250 g/mol. The van der Waals surface area contributed by atoms with Crippen LogP contribution < -0.4 is 10.6 Å². The molecule has 0 aliphatic carbocycles. The Morgan fingerprint density at radius 3 is 2.94 bits per heavy atom. The second-order valence-electron chi connectivity index (χ2n) is 4.35. The van der Waals surface area contributed by atoms with Crippen molar-refractivity contribution in [2.75, 3.05) is 33.4 Å². The average Bonchev–Trinajstić information content (AvgIpc) is 2.27. The van der Waals surface area contributed by atoms with Gasteiger partial charge in [0, 0.05) is 20.2 Å². The van der Waals surface area contributed by atoms with Gasteiger partial charge in [0.2, 0.25) is 5.91 Å². The highest BCUT2D eigenvalue weighted by molar-refractivity contribution is 5.85. The van der Waals surface area contributed by atoms with Crippen molar-refractivity contribution in [2.45, 2.75) is 19.8 Å². The van der Waals surface area contributed by atoms with E-state index in [4.69, 9.17) is 4.74 Å². The number of carbonyl (C=O) groups excluding carboxylic acids is 1. The lowest BCUT2D eigenvalue weighted by Crippen LogP contribution is -2.42. The van der Waals surface area contributed by atoms with Crippen LogP contribution in [-0.4, -0.2) is 39.3 Å². The quantitative estimate of drug-likeness (QED) is 0.759. The predicted molar refractivity (Wildman–Crippen MR) is 66.9 cm³/mol. The maximum Gasteiger partial charge on any atom is 0.224 e. The summed E-state index contributed by atoms with van der Waals surface area (Å²) in [6.45, 7) is 5.35. The Hall–Kier alpha value is -0.320. The van der Waals surface area contributed by atoms with Gasteiger partial charge in [-0.15, -0.1) is 12.4 Å². The van der Waals surface area contributed by atoms with Crippen molar-refractivity contribution in [1.29, 1.82) is 0 Å². The van der Waals surface area contributed by atoms with Gasteiger partial charge in [0.1, 0.15) is 0 Å². The summed E-state index contributed by atoms with van der Waals surface area (Å²) in [6, 6.07) is 0. The number of hydrogen-bond donors (Lipinski definition) is 2. The van der Waals surface area contributed by atoms with E-state index >= 15 is 0 Å². The van der Waals surface area contributed by atoms with Crippen LogP contribution in [0.1, 0.15) is 19.8 Å². The van der Waals surface area contributed by atoms with Gasteiger partial charge in [-0.05, 0) is 25.3 Å². The van der Waals surface area contributed by atoms with Crippen molar-refractivity contribution in [3.8, 4) is 0 Å². The number of rotatable bonds is 5. The second-order valence-corrected chi connectivity index (χ2v) is 4.35. The molecule has 1 heterocycles. The van der Waals surface area contributed by atoms with Crippen molar-refractivity contribution < 1.29 is 9.53 Å².